The molecule has 2 fully saturated rings. The van der Waals surface area contributed by atoms with Crippen LogP contribution in [0.15, 0.2) is 18.2 Å². The van der Waals surface area contributed by atoms with E-state index in [1.807, 2.05) is 6.92 Å². The zero-order valence-corrected chi connectivity index (χ0v) is 15.8. The van der Waals surface area contributed by atoms with Crippen LogP contribution in [0.1, 0.15) is 32.6 Å². The topological polar surface area (TPSA) is 105 Å². The number of hydrogen-bond acceptors (Lipinski definition) is 5. The lowest BCUT2D eigenvalue weighted by Crippen LogP contribution is -2.54. The molecule has 2 atom stereocenters. The lowest BCUT2D eigenvalue weighted by atomic mass is 9.73. The zero-order valence-electron chi connectivity index (χ0n) is 15.8. The number of nitrogens with zero attached hydrogens (tertiary/aromatic N) is 1. The number of carbonyl (C=O) groups is 4. The smallest absolute Gasteiger partial charge is 0.326 e. The van der Waals surface area contributed by atoms with Crippen molar-refractivity contribution in [3.8, 4) is 0 Å². The van der Waals surface area contributed by atoms with Gasteiger partial charge in [-0.2, -0.15) is 0 Å². The molecule has 8 nitrogen and oxygen atoms in total. The van der Waals surface area contributed by atoms with Gasteiger partial charge in [0.15, 0.2) is 18.2 Å². The molecule has 4 amide bonds. The Hall–Kier alpha value is -3.04. The first-order valence-electron chi connectivity index (χ1n) is 9.27. The van der Waals surface area contributed by atoms with Crippen molar-refractivity contribution in [2.75, 3.05) is 18.5 Å². The van der Waals surface area contributed by atoms with Crippen molar-refractivity contribution in [2.24, 2.45) is 5.92 Å². The molecular weight excluding hydrogens is 388 g/mol. The van der Waals surface area contributed by atoms with E-state index in [4.69, 9.17) is 4.74 Å². The third kappa shape index (κ3) is 4.20. The first-order chi connectivity index (χ1) is 13.7. The summed E-state index contributed by atoms with van der Waals surface area (Å²) in [6.45, 7) is 0.572. The maximum Gasteiger partial charge on any atom is 0.326 e. The molecule has 0 aromatic heterocycles. The lowest BCUT2D eigenvalue weighted by molar-refractivity contribution is -0.150. The minimum Gasteiger partial charge on any atom is -0.454 e. The van der Waals surface area contributed by atoms with Crippen molar-refractivity contribution in [3.63, 3.8) is 0 Å². The van der Waals surface area contributed by atoms with E-state index in [1.54, 1.807) is 0 Å². The number of benzene rings is 1. The van der Waals surface area contributed by atoms with E-state index in [2.05, 4.69) is 10.6 Å². The van der Waals surface area contributed by atoms with Gasteiger partial charge in [0.25, 0.3) is 11.8 Å². The van der Waals surface area contributed by atoms with Crippen molar-refractivity contribution in [2.45, 2.75) is 38.1 Å². The largest absolute Gasteiger partial charge is 0.454 e. The predicted molar refractivity (Wildman–Crippen MR) is 96.6 cm³/mol. The molecule has 10 heteroatoms. The number of halogens is 2. The molecule has 3 rings (SSSR count). The predicted octanol–water partition coefficient (Wildman–Crippen LogP) is 1.95. The number of rotatable bonds is 5. The quantitative estimate of drug-likeness (QED) is 0.571. The average molecular weight is 409 g/mol. The first-order valence-corrected chi connectivity index (χ1v) is 9.27. The van der Waals surface area contributed by atoms with Crippen molar-refractivity contribution < 1.29 is 32.7 Å². The van der Waals surface area contributed by atoms with Crippen molar-refractivity contribution in [3.05, 3.63) is 29.8 Å². The summed E-state index contributed by atoms with van der Waals surface area (Å²) in [6, 6.07) is 2.12. The fourth-order valence-electron chi connectivity index (χ4n) is 3.73. The Bertz CT molecular complexity index is 862. The van der Waals surface area contributed by atoms with E-state index in [1.165, 1.54) is 0 Å². The zero-order chi connectivity index (χ0) is 21.2. The fraction of sp³-hybridized carbons (Fsp3) is 0.474. The molecule has 1 saturated carbocycles. The summed E-state index contributed by atoms with van der Waals surface area (Å²) in [5.41, 5.74) is -0.994. The van der Waals surface area contributed by atoms with Gasteiger partial charge in [-0.25, -0.2) is 13.6 Å². The summed E-state index contributed by atoms with van der Waals surface area (Å²) in [7, 11) is 0. The number of amides is 4. The molecule has 156 valence electrons. The Kier molecular flexibility index (Phi) is 5.81. The second-order valence-electron chi connectivity index (χ2n) is 7.28. The van der Waals surface area contributed by atoms with Crippen LogP contribution in [0.3, 0.4) is 0 Å². The van der Waals surface area contributed by atoms with Gasteiger partial charge in [0.05, 0.1) is 0 Å². The van der Waals surface area contributed by atoms with Gasteiger partial charge in [-0.3, -0.25) is 19.3 Å². The standard InChI is InChI=1S/C19H21F2N3O5/c1-11-4-2-3-7-19(11)17(27)24(18(28)23-19)9-16(26)29-10-15(25)22-12-5-6-13(20)14(21)8-12/h5-6,8,11H,2-4,7,9-10H2,1H3,(H,22,25)(H,23,28)/t11-,19-/m0/s1. The van der Waals surface area contributed by atoms with Crippen LogP contribution < -0.4 is 10.6 Å². The van der Waals surface area contributed by atoms with Gasteiger partial charge in [0, 0.05) is 11.8 Å². The third-order valence-electron chi connectivity index (χ3n) is 5.36. The van der Waals surface area contributed by atoms with Crippen molar-refractivity contribution >= 4 is 29.5 Å². The molecule has 0 bridgehead atoms. The molecule has 29 heavy (non-hydrogen) atoms. The van der Waals surface area contributed by atoms with Gasteiger partial charge in [0.1, 0.15) is 12.1 Å². The lowest BCUT2D eigenvalue weighted by Gasteiger charge is -2.36. The number of esters is 1. The van der Waals surface area contributed by atoms with Gasteiger partial charge in [-0.05, 0) is 30.9 Å². The fourth-order valence-corrected chi connectivity index (χ4v) is 3.73. The Morgan fingerprint density at radius 1 is 1.28 bits per heavy atom. The average Bonchev–Trinajstić information content (AvgIpc) is 2.90. The highest BCUT2D eigenvalue weighted by atomic mass is 19.2. The Morgan fingerprint density at radius 2 is 2.03 bits per heavy atom. The highest BCUT2D eigenvalue weighted by molar-refractivity contribution is 6.09. The molecule has 1 aliphatic carbocycles. The first kappa shape index (κ1) is 20.7. The maximum absolute atomic E-state index is 13.1. The van der Waals surface area contributed by atoms with Gasteiger partial charge in [-0.15, -0.1) is 0 Å². The molecule has 0 radical (unpaired) electrons. The minimum atomic E-state index is -1.13. The second-order valence-corrected chi connectivity index (χ2v) is 7.28. The van der Waals surface area contributed by atoms with Crippen LogP contribution in [0.4, 0.5) is 19.3 Å². The highest BCUT2D eigenvalue weighted by Gasteiger charge is 2.55. The molecule has 1 spiro atoms. The summed E-state index contributed by atoms with van der Waals surface area (Å²) in [5, 5.41) is 4.96. The number of imide groups is 1. The van der Waals surface area contributed by atoms with E-state index >= 15 is 0 Å². The number of hydrogen-bond donors (Lipinski definition) is 2. The van der Waals surface area contributed by atoms with Crippen LogP contribution in [-0.2, 0) is 19.1 Å². The number of ether oxygens (including phenoxy) is 1. The van der Waals surface area contributed by atoms with Gasteiger partial charge in [0.2, 0.25) is 0 Å². The molecule has 2 N–H and O–H groups in total. The normalized spacial score (nSPS) is 23.8. The van der Waals surface area contributed by atoms with Crippen LogP contribution in [0, 0.1) is 17.6 Å². The van der Waals surface area contributed by atoms with Crippen LogP contribution in [-0.4, -0.2) is 47.4 Å². The monoisotopic (exact) mass is 409 g/mol. The number of carbonyl (C=O) groups excluding carboxylic acids is 4. The van der Waals surface area contributed by atoms with Gasteiger partial charge in [-0.1, -0.05) is 19.8 Å². The number of urea groups is 1. The summed E-state index contributed by atoms with van der Waals surface area (Å²) in [6.07, 6.45) is 3.09. The molecule has 1 heterocycles. The van der Waals surface area contributed by atoms with E-state index in [-0.39, 0.29) is 11.6 Å². The minimum absolute atomic E-state index is 0.00715. The van der Waals surface area contributed by atoms with Gasteiger partial charge >= 0.3 is 12.0 Å². The molecule has 2 aliphatic rings. The van der Waals surface area contributed by atoms with Crippen molar-refractivity contribution in [1.82, 2.24) is 10.2 Å². The highest BCUT2D eigenvalue weighted by Crippen LogP contribution is 2.38. The number of nitrogens with one attached hydrogen (secondary N) is 2. The van der Waals surface area contributed by atoms with E-state index in [9.17, 15) is 28.0 Å². The Morgan fingerprint density at radius 3 is 2.72 bits per heavy atom. The molecule has 1 aromatic rings. The summed E-state index contributed by atoms with van der Waals surface area (Å²) < 4.78 is 30.8. The Balaban J connectivity index is 1.52. The molecule has 0 unspecified atom stereocenters. The van der Waals surface area contributed by atoms with Crippen molar-refractivity contribution in [1.29, 1.82) is 0 Å². The molecule has 1 aliphatic heterocycles. The van der Waals surface area contributed by atoms with Gasteiger partial charge < -0.3 is 15.4 Å². The summed E-state index contributed by atoms with van der Waals surface area (Å²) in [5.74, 6) is -4.42. The molecule has 1 aromatic carbocycles. The van der Waals surface area contributed by atoms with Crippen LogP contribution >= 0.6 is 0 Å². The maximum atomic E-state index is 13.1. The van der Waals surface area contributed by atoms with Crippen LogP contribution in [0.2, 0.25) is 0 Å². The molecule has 1 saturated heterocycles. The van der Waals surface area contributed by atoms with E-state index in [0.717, 1.165) is 42.4 Å². The molecular formula is C19H21F2N3O5. The SMILES string of the molecule is C[C@H]1CCCC[C@]12NC(=O)N(CC(=O)OCC(=O)Nc1ccc(F)c(F)c1)C2=O. The van der Waals surface area contributed by atoms with Crippen LogP contribution in [0.25, 0.3) is 0 Å². The second kappa shape index (κ2) is 8.14. The van der Waals surface area contributed by atoms with E-state index in [0.29, 0.717) is 6.42 Å². The Labute approximate surface area is 165 Å². The third-order valence-corrected chi connectivity index (χ3v) is 5.36. The van der Waals surface area contributed by atoms with E-state index < -0.39 is 54.1 Å². The summed E-state index contributed by atoms with van der Waals surface area (Å²) >= 11 is 0. The number of anilines is 1. The summed E-state index contributed by atoms with van der Waals surface area (Å²) in [4.78, 5) is 49.6. The van der Waals surface area contributed by atoms with Crippen LogP contribution in [0.5, 0.6) is 0 Å².